The number of aliphatic hydroxyl groups is 1. The molecule has 0 saturated carbocycles. The highest BCUT2D eigenvalue weighted by Crippen LogP contribution is 2.18. The lowest BCUT2D eigenvalue weighted by Crippen LogP contribution is -2.28. The molecule has 0 bridgehead atoms. The van der Waals surface area contributed by atoms with Crippen LogP contribution in [0.1, 0.15) is 47.0 Å². The Morgan fingerprint density at radius 3 is 2.53 bits per heavy atom. The highest BCUT2D eigenvalue weighted by atomic mass is 16.5. The Kier molecular flexibility index (Phi) is 6.25. The number of allylic oxidation sites excluding steroid dienone is 2. The molecule has 0 aromatic carbocycles. The van der Waals surface area contributed by atoms with Gasteiger partial charge in [-0.1, -0.05) is 11.6 Å². The van der Waals surface area contributed by atoms with E-state index in [-0.39, 0.29) is 12.4 Å². The summed E-state index contributed by atoms with van der Waals surface area (Å²) in [6.07, 6.45) is 3.49. The number of hydrogen-bond acceptors (Lipinski definition) is 3. The van der Waals surface area contributed by atoms with Crippen LogP contribution in [0.25, 0.3) is 0 Å². The van der Waals surface area contributed by atoms with Crippen molar-refractivity contribution in [1.82, 2.24) is 0 Å². The summed E-state index contributed by atoms with van der Waals surface area (Å²) in [4.78, 5) is 11.2. The first kappa shape index (κ1) is 14.2. The van der Waals surface area contributed by atoms with Gasteiger partial charge in [0, 0.05) is 0 Å². The zero-order valence-electron chi connectivity index (χ0n) is 10.2. The predicted octanol–water partition coefficient (Wildman–Crippen LogP) is 2.44. The third kappa shape index (κ3) is 8.18. The lowest BCUT2D eigenvalue weighted by Gasteiger charge is -2.21. The van der Waals surface area contributed by atoms with E-state index in [1.165, 1.54) is 5.57 Å². The van der Waals surface area contributed by atoms with Crippen LogP contribution < -0.4 is 0 Å². The average molecular weight is 214 g/mol. The van der Waals surface area contributed by atoms with Gasteiger partial charge in [-0.25, -0.2) is 0 Å². The second kappa shape index (κ2) is 6.62. The molecular weight excluding hydrogens is 192 g/mol. The summed E-state index contributed by atoms with van der Waals surface area (Å²) in [6.45, 7) is 7.82. The lowest BCUT2D eigenvalue weighted by molar-refractivity contribution is -0.148. The van der Waals surface area contributed by atoms with Crippen molar-refractivity contribution >= 4 is 5.97 Å². The van der Waals surface area contributed by atoms with Crippen molar-refractivity contribution in [3.05, 3.63) is 11.6 Å². The smallest absolute Gasteiger partial charge is 0.308 e. The number of rotatable bonds is 6. The van der Waals surface area contributed by atoms with Gasteiger partial charge in [-0.15, -0.1) is 0 Å². The van der Waals surface area contributed by atoms with E-state index < -0.39 is 5.60 Å². The summed E-state index contributed by atoms with van der Waals surface area (Å²) in [5, 5.41) is 9.89. The van der Waals surface area contributed by atoms with Gasteiger partial charge in [0.25, 0.3) is 0 Å². The summed E-state index contributed by atoms with van der Waals surface area (Å²) < 4.78 is 4.79. The van der Waals surface area contributed by atoms with E-state index in [1.807, 2.05) is 13.8 Å². The number of carbonyl (C=O) groups excluding carboxylic acids is 1. The topological polar surface area (TPSA) is 46.5 Å². The Morgan fingerprint density at radius 1 is 1.47 bits per heavy atom. The first-order valence-corrected chi connectivity index (χ1v) is 5.39. The third-order valence-electron chi connectivity index (χ3n) is 2.07. The molecule has 3 nitrogen and oxygen atoms in total. The Bertz CT molecular complexity index is 225. The van der Waals surface area contributed by atoms with Crippen LogP contribution in [0.15, 0.2) is 11.6 Å². The van der Waals surface area contributed by atoms with E-state index in [9.17, 15) is 9.90 Å². The highest BCUT2D eigenvalue weighted by Gasteiger charge is 2.24. The Morgan fingerprint density at radius 2 is 2.07 bits per heavy atom. The summed E-state index contributed by atoms with van der Waals surface area (Å²) in [5.41, 5.74) is 0.264. The molecular formula is C12H22O3. The van der Waals surface area contributed by atoms with Crippen molar-refractivity contribution in [2.75, 3.05) is 6.61 Å². The molecule has 1 atom stereocenters. The van der Waals surface area contributed by atoms with Crippen LogP contribution in [0.2, 0.25) is 0 Å². The first-order chi connectivity index (χ1) is 6.87. The summed E-state index contributed by atoms with van der Waals surface area (Å²) in [7, 11) is 0. The molecule has 0 rings (SSSR count). The summed E-state index contributed by atoms with van der Waals surface area (Å²) in [5.74, 6) is -0.334. The molecule has 0 aromatic rings. The standard InChI is InChI=1S/C12H22O3/c1-5-15-11(13)9-12(4,14)8-6-7-10(2)3/h7,14H,5-6,8-9H2,1-4H3/t12-/m0/s1. The fourth-order valence-corrected chi connectivity index (χ4v) is 1.28. The number of ether oxygens (including phenoxy) is 1. The molecule has 1 N–H and O–H groups in total. The number of carbonyl (C=O) groups is 1. The van der Waals surface area contributed by atoms with E-state index >= 15 is 0 Å². The van der Waals surface area contributed by atoms with Crippen molar-refractivity contribution < 1.29 is 14.6 Å². The van der Waals surface area contributed by atoms with Gasteiger partial charge >= 0.3 is 5.97 Å². The van der Waals surface area contributed by atoms with Gasteiger partial charge in [0.15, 0.2) is 0 Å². The molecule has 88 valence electrons. The molecule has 0 heterocycles. The molecule has 15 heavy (non-hydrogen) atoms. The highest BCUT2D eigenvalue weighted by molar-refractivity contribution is 5.70. The zero-order valence-corrected chi connectivity index (χ0v) is 10.2. The molecule has 0 amide bonds. The van der Waals surface area contributed by atoms with E-state index in [0.717, 1.165) is 6.42 Å². The third-order valence-corrected chi connectivity index (χ3v) is 2.07. The molecule has 0 radical (unpaired) electrons. The van der Waals surface area contributed by atoms with E-state index in [0.29, 0.717) is 13.0 Å². The average Bonchev–Trinajstić information content (AvgIpc) is 2.01. The van der Waals surface area contributed by atoms with Gasteiger partial charge in [0.2, 0.25) is 0 Å². The van der Waals surface area contributed by atoms with Crippen LogP contribution in [0.5, 0.6) is 0 Å². The molecule has 0 spiro atoms. The van der Waals surface area contributed by atoms with Crippen molar-refractivity contribution in [2.24, 2.45) is 0 Å². The minimum atomic E-state index is -0.960. The molecule has 3 heteroatoms. The second-order valence-electron chi connectivity index (χ2n) is 4.30. The molecule has 0 fully saturated rings. The van der Waals surface area contributed by atoms with Gasteiger partial charge in [-0.3, -0.25) is 4.79 Å². The van der Waals surface area contributed by atoms with Gasteiger partial charge in [-0.2, -0.15) is 0 Å². The fraction of sp³-hybridized carbons (Fsp3) is 0.750. The number of hydrogen-bond donors (Lipinski definition) is 1. The zero-order chi connectivity index (χ0) is 11.9. The molecule has 0 aliphatic heterocycles. The van der Waals surface area contributed by atoms with Crippen molar-refractivity contribution in [2.45, 2.75) is 52.6 Å². The molecule has 0 aromatic heterocycles. The summed E-state index contributed by atoms with van der Waals surface area (Å²) >= 11 is 0. The quantitative estimate of drug-likeness (QED) is 0.545. The van der Waals surface area contributed by atoms with Gasteiger partial charge in [0.1, 0.15) is 0 Å². The molecule has 0 unspecified atom stereocenters. The minimum Gasteiger partial charge on any atom is -0.466 e. The van der Waals surface area contributed by atoms with E-state index in [4.69, 9.17) is 4.74 Å². The summed E-state index contributed by atoms with van der Waals surface area (Å²) in [6, 6.07) is 0. The second-order valence-corrected chi connectivity index (χ2v) is 4.30. The fourth-order valence-electron chi connectivity index (χ4n) is 1.28. The van der Waals surface area contributed by atoms with Gasteiger partial charge in [-0.05, 0) is 40.5 Å². The van der Waals surface area contributed by atoms with Crippen molar-refractivity contribution in [3.8, 4) is 0 Å². The van der Waals surface area contributed by atoms with Gasteiger partial charge < -0.3 is 9.84 Å². The maximum Gasteiger partial charge on any atom is 0.308 e. The van der Waals surface area contributed by atoms with Crippen LogP contribution in [0.3, 0.4) is 0 Å². The number of esters is 1. The van der Waals surface area contributed by atoms with Crippen molar-refractivity contribution in [1.29, 1.82) is 0 Å². The maximum atomic E-state index is 11.2. The predicted molar refractivity (Wildman–Crippen MR) is 60.5 cm³/mol. The Hall–Kier alpha value is -0.830. The van der Waals surface area contributed by atoms with E-state index in [1.54, 1.807) is 13.8 Å². The Labute approximate surface area is 92.1 Å². The molecule has 0 aliphatic rings. The van der Waals surface area contributed by atoms with Crippen LogP contribution in [0.4, 0.5) is 0 Å². The van der Waals surface area contributed by atoms with Crippen molar-refractivity contribution in [3.63, 3.8) is 0 Å². The van der Waals surface area contributed by atoms with Gasteiger partial charge in [0.05, 0.1) is 18.6 Å². The lowest BCUT2D eigenvalue weighted by atomic mass is 9.96. The molecule has 0 aliphatic carbocycles. The first-order valence-electron chi connectivity index (χ1n) is 5.39. The maximum absolute atomic E-state index is 11.2. The normalized spacial score (nSPS) is 14.2. The molecule has 0 saturated heterocycles. The van der Waals surface area contributed by atoms with Crippen LogP contribution >= 0.6 is 0 Å². The van der Waals surface area contributed by atoms with Crippen LogP contribution in [0, 0.1) is 0 Å². The largest absolute Gasteiger partial charge is 0.466 e. The SMILES string of the molecule is CCOC(=O)C[C@@](C)(O)CCC=C(C)C. The van der Waals surface area contributed by atoms with E-state index in [2.05, 4.69) is 6.08 Å². The van der Waals surface area contributed by atoms with Crippen LogP contribution in [-0.2, 0) is 9.53 Å². The Balaban J connectivity index is 3.96. The monoisotopic (exact) mass is 214 g/mol. The van der Waals surface area contributed by atoms with Crippen LogP contribution in [-0.4, -0.2) is 23.3 Å². The minimum absolute atomic E-state index is 0.0669.